The van der Waals surface area contributed by atoms with E-state index in [9.17, 15) is 13.6 Å². The Hall–Kier alpha value is -1.49. The summed E-state index contributed by atoms with van der Waals surface area (Å²) in [5, 5.41) is 0. The summed E-state index contributed by atoms with van der Waals surface area (Å²) >= 11 is 0. The second-order valence-electron chi connectivity index (χ2n) is 6.67. The molecule has 0 aromatic heterocycles. The Bertz CT molecular complexity index is 523. The largest absolute Gasteiger partial charge is 0.462 e. The fourth-order valence-electron chi connectivity index (χ4n) is 3.94. The van der Waals surface area contributed by atoms with Crippen molar-refractivity contribution in [2.24, 2.45) is 0 Å². The summed E-state index contributed by atoms with van der Waals surface area (Å²) in [6.45, 7) is 0. The van der Waals surface area contributed by atoms with Gasteiger partial charge in [0.05, 0.1) is 5.92 Å². The van der Waals surface area contributed by atoms with E-state index in [0.29, 0.717) is 17.6 Å². The summed E-state index contributed by atoms with van der Waals surface area (Å²) < 4.78 is 31.4. The fourth-order valence-corrected chi connectivity index (χ4v) is 3.94. The molecule has 126 valence electrons. The molecule has 3 rings (SSSR count). The van der Waals surface area contributed by atoms with Crippen molar-refractivity contribution in [3.63, 3.8) is 0 Å². The van der Waals surface area contributed by atoms with E-state index in [2.05, 4.69) is 11.9 Å². The van der Waals surface area contributed by atoms with Crippen LogP contribution in [0.15, 0.2) is 30.3 Å². The summed E-state index contributed by atoms with van der Waals surface area (Å²) in [4.78, 5) is 14.9. The smallest absolute Gasteiger partial charge is 0.313 e. The molecule has 2 saturated heterocycles. The zero-order valence-electron chi connectivity index (χ0n) is 13.3. The van der Waals surface area contributed by atoms with E-state index in [-0.39, 0.29) is 6.10 Å². The molecule has 2 aliphatic rings. The molecule has 0 amide bonds. The summed E-state index contributed by atoms with van der Waals surface area (Å²) in [7, 11) is 2.12. The average Bonchev–Trinajstić information content (AvgIpc) is 2.75. The molecule has 3 atom stereocenters. The third-order valence-electron chi connectivity index (χ3n) is 5.24. The maximum Gasteiger partial charge on any atom is 0.313 e. The number of hydrogen-bond donors (Lipinski definition) is 0. The van der Waals surface area contributed by atoms with Crippen molar-refractivity contribution in [3.05, 3.63) is 35.9 Å². The van der Waals surface area contributed by atoms with Crippen LogP contribution in [-0.4, -0.2) is 42.5 Å². The Morgan fingerprint density at radius 2 is 1.83 bits per heavy atom. The maximum absolute atomic E-state index is 12.9. The van der Waals surface area contributed by atoms with Gasteiger partial charge < -0.3 is 9.64 Å². The van der Waals surface area contributed by atoms with Crippen LogP contribution in [0.25, 0.3) is 0 Å². The Labute approximate surface area is 135 Å². The molecule has 0 radical (unpaired) electrons. The lowest BCUT2D eigenvalue weighted by Crippen LogP contribution is -2.43. The van der Waals surface area contributed by atoms with Crippen LogP contribution in [-0.2, 0) is 9.53 Å². The molecule has 2 fully saturated rings. The van der Waals surface area contributed by atoms with Gasteiger partial charge in [0.2, 0.25) is 6.43 Å². The minimum absolute atomic E-state index is 0.139. The molecular weight excluding hydrogens is 300 g/mol. The zero-order chi connectivity index (χ0) is 16.4. The molecule has 0 saturated carbocycles. The Balaban J connectivity index is 1.67. The number of halogens is 2. The van der Waals surface area contributed by atoms with E-state index in [4.69, 9.17) is 4.74 Å². The lowest BCUT2D eigenvalue weighted by molar-refractivity contribution is -0.155. The number of rotatable bonds is 5. The van der Waals surface area contributed by atoms with E-state index in [0.717, 1.165) is 25.7 Å². The first-order valence-corrected chi connectivity index (χ1v) is 8.30. The SMILES string of the molecule is CN1C2CCC1CC(OC(=O)C(CC(F)F)c1ccccc1)C2. The number of esters is 1. The summed E-state index contributed by atoms with van der Waals surface area (Å²) in [5.74, 6) is -1.39. The number of piperidine rings is 1. The van der Waals surface area contributed by atoms with E-state index in [1.807, 2.05) is 6.07 Å². The van der Waals surface area contributed by atoms with Crippen molar-refractivity contribution < 1.29 is 18.3 Å². The van der Waals surface area contributed by atoms with Crippen molar-refractivity contribution in [1.29, 1.82) is 0 Å². The fraction of sp³-hybridized carbons (Fsp3) is 0.611. The number of ether oxygens (including phenoxy) is 1. The number of nitrogens with zero attached hydrogens (tertiary/aromatic N) is 1. The lowest BCUT2D eigenvalue weighted by atomic mass is 9.95. The third-order valence-corrected chi connectivity index (χ3v) is 5.24. The van der Waals surface area contributed by atoms with Crippen molar-refractivity contribution in [1.82, 2.24) is 4.90 Å². The molecule has 3 unspecified atom stereocenters. The van der Waals surface area contributed by atoms with Crippen LogP contribution in [0.5, 0.6) is 0 Å². The van der Waals surface area contributed by atoms with Crippen LogP contribution in [0, 0.1) is 0 Å². The predicted molar refractivity (Wildman–Crippen MR) is 83.5 cm³/mol. The molecular formula is C18H23F2NO2. The number of benzene rings is 1. The van der Waals surface area contributed by atoms with E-state index >= 15 is 0 Å². The molecule has 3 nitrogen and oxygen atoms in total. The van der Waals surface area contributed by atoms with Gasteiger partial charge in [0.1, 0.15) is 6.10 Å². The molecule has 0 N–H and O–H groups in total. The molecule has 23 heavy (non-hydrogen) atoms. The number of carbonyl (C=O) groups excluding carboxylic acids is 1. The van der Waals surface area contributed by atoms with Crippen molar-refractivity contribution in [2.45, 2.75) is 62.6 Å². The van der Waals surface area contributed by atoms with Gasteiger partial charge in [0.15, 0.2) is 0 Å². The maximum atomic E-state index is 12.9. The second kappa shape index (κ2) is 6.95. The minimum Gasteiger partial charge on any atom is -0.462 e. The highest BCUT2D eigenvalue weighted by Gasteiger charge is 2.40. The number of alkyl halides is 2. The molecule has 1 aromatic rings. The van der Waals surface area contributed by atoms with Gasteiger partial charge in [-0.2, -0.15) is 0 Å². The summed E-state index contributed by atoms with van der Waals surface area (Å²) in [6, 6.07) is 9.67. The van der Waals surface area contributed by atoms with Crippen LogP contribution < -0.4 is 0 Å². The third kappa shape index (κ3) is 3.71. The van der Waals surface area contributed by atoms with E-state index in [1.165, 1.54) is 0 Å². The molecule has 2 bridgehead atoms. The van der Waals surface area contributed by atoms with Gasteiger partial charge >= 0.3 is 5.97 Å². The first kappa shape index (κ1) is 16.4. The first-order chi connectivity index (χ1) is 11.0. The van der Waals surface area contributed by atoms with Gasteiger partial charge in [0.25, 0.3) is 0 Å². The Kier molecular flexibility index (Phi) is 4.95. The number of hydrogen-bond acceptors (Lipinski definition) is 3. The zero-order valence-corrected chi connectivity index (χ0v) is 13.3. The lowest BCUT2D eigenvalue weighted by Gasteiger charge is -2.36. The molecule has 1 aromatic carbocycles. The van der Waals surface area contributed by atoms with E-state index in [1.54, 1.807) is 24.3 Å². The van der Waals surface area contributed by atoms with Crippen LogP contribution in [0.2, 0.25) is 0 Å². The van der Waals surface area contributed by atoms with Crippen molar-refractivity contribution in [2.75, 3.05) is 7.05 Å². The van der Waals surface area contributed by atoms with Gasteiger partial charge in [-0.05, 0) is 38.3 Å². The topological polar surface area (TPSA) is 29.5 Å². The highest BCUT2D eigenvalue weighted by Crippen LogP contribution is 2.36. The molecule has 0 spiro atoms. The van der Waals surface area contributed by atoms with Crippen molar-refractivity contribution >= 4 is 5.97 Å². The van der Waals surface area contributed by atoms with Gasteiger partial charge in [-0.25, -0.2) is 8.78 Å². The minimum atomic E-state index is -2.53. The van der Waals surface area contributed by atoms with Gasteiger partial charge in [0, 0.05) is 18.5 Å². The average molecular weight is 323 g/mol. The van der Waals surface area contributed by atoms with Crippen molar-refractivity contribution in [3.8, 4) is 0 Å². The second-order valence-corrected chi connectivity index (χ2v) is 6.67. The van der Waals surface area contributed by atoms with Crippen LogP contribution >= 0.6 is 0 Å². The van der Waals surface area contributed by atoms with E-state index < -0.39 is 24.7 Å². The summed E-state index contributed by atoms with van der Waals surface area (Å²) in [5.41, 5.74) is 0.605. The summed E-state index contributed by atoms with van der Waals surface area (Å²) in [6.07, 6.45) is 0.746. The normalized spacial score (nSPS) is 28.8. The standard InChI is InChI=1S/C18H23F2NO2/c1-21-13-7-8-14(21)10-15(9-13)23-18(22)16(11-17(19)20)12-5-3-2-4-6-12/h2-6,13-17H,7-11H2,1H3. The Morgan fingerprint density at radius 3 is 2.39 bits per heavy atom. The molecule has 5 heteroatoms. The molecule has 2 heterocycles. The van der Waals surface area contributed by atoms with Gasteiger partial charge in [-0.15, -0.1) is 0 Å². The predicted octanol–water partition coefficient (Wildman–Crippen LogP) is 3.59. The van der Waals surface area contributed by atoms with Crippen LogP contribution in [0.1, 0.15) is 43.6 Å². The van der Waals surface area contributed by atoms with Crippen LogP contribution in [0.4, 0.5) is 8.78 Å². The highest BCUT2D eigenvalue weighted by atomic mass is 19.3. The molecule has 0 aliphatic carbocycles. The first-order valence-electron chi connectivity index (χ1n) is 8.30. The number of fused-ring (bicyclic) bond motifs is 2. The van der Waals surface area contributed by atoms with Crippen LogP contribution in [0.3, 0.4) is 0 Å². The highest BCUT2D eigenvalue weighted by molar-refractivity contribution is 5.78. The molecule has 2 aliphatic heterocycles. The van der Waals surface area contributed by atoms with Gasteiger partial charge in [-0.1, -0.05) is 30.3 Å². The quantitative estimate of drug-likeness (QED) is 0.776. The van der Waals surface area contributed by atoms with Gasteiger partial charge in [-0.3, -0.25) is 4.79 Å². The number of carbonyl (C=O) groups is 1. The Morgan fingerprint density at radius 1 is 1.22 bits per heavy atom. The monoisotopic (exact) mass is 323 g/mol.